The van der Waals surface area contributed by atoms with Gasteiger partial charge in [-0.2, -0.15) is 0 Å². The van der Waals surface area contributed by atoms with E-state index in [9.17, 15) is 27.9 Å². The van der Waals surface area contributed by atoms with Gasteiger partial charge in [-0.1, -0.05) is 10.3 Å². The highest BCUT2D eigenvalue weighted by Crippen LogP contribution is 2.44. The molecule has 5 rings (SSSR count). The Bertz CT molecular complexity index is 1680. The number of aryl methyl sites for hydroxylation is 2. The van der Waals surface area contributed by atoms with Gasteiger partial charge in [0, 0.05) is 25.6 Å². The highest BCUT2D eigenvalue weighted by Gasteiger charge is 2.44. The zero-order chi connectivity index (χ0) is 27.7. The Morgan fingerprint density at radius 2 is 1.87 bits per heavy atom. The number of amides is 3. The van der Waals surface area contributed by atoms with Crippen molar-refractivity contribution in [3.63, 3.8) is 0 Å². The summed E-state index contributed by atoms with van der Waals surface area (Å²) < 4.78 is 30.9. The average Bonchev–Trinajstić information content (AvgIpc) is 3.00. The summed E-state index contributed by atoms with van der Waals surface area (Å²) in [6.45, 7) is 6.81. The van der Waals surface area contributed by atoms with Gasteiger partial charge in [-0.05, 0) is 57.4 Å². The highest BCUT2D eigenvalue weighted by atomic mass is 32.3. The Labute approximate surface area is 219 Å². The first-order valence-electron chi connectivity index (χ1n) is 12.1. The fourth-order valence-electron chi connectivity index (χ4n) is 5.40. The van der Waals surface area contributed by atoms with Gasteiger partial charge >= 0.3 is 0 Å². The van der Waals surface area contributed by atoms with E-state index in [1.54, 1.807) is 46.9 Å². The summed E-state index contributed by atoms with van der Waals surface area (Å²) in [7, 11) is -2.54. The molecule has 2 aliphatic heterocycles. The normalized spacial score (nSPS) is 20.3. The van der Waals surface area contributed by atoms with E-state index in [-0.39, 0.29) is 46.1 Å². The van der Waals surface area contributed by atoms with Gasteiger partial charge in [0.05, 0.1) is 27.7 Å². The molecule has 0 saturated carbocycles. The monoisotopic (exact) mass is 537 g/mol. The number of piperidine rings is 1. The van der Waals surface area contributed by atoms with Gasteiger partial charge in [0.2, 0.25) is 17.7 Å². The lowest BCUT2D eigenvalue weighted by atomic mass is 9.85. The molecule has 1 saturated heterocycles. The first-order chi connectivity index (χ1) is 17.7. The van der Waals surface area contributed by atoms with E-state index in [0.29, 0.717) is 16.8 Å². The number of hydrogen-bond donors (Lipinski definition) is 2. The number of rotatable bonds is 4. The number of nitrogens with one attached hydrogen (secondary N) is 2. The van der Waals surface area contributed by atoms with Crippen LogP contribution in [0, 0.1) is 13.8 Å². The van der Waals surface area contributed by atoms with Crippen molar-refractivity contribution in [2.24, 2.45) is 0 Å². The second kappa shape index (κ2) is 8.57. The predicted octanol–water partition coefficient (Wildman–Crippen LogP) is 2.26. The summed E-state index contributed by atoms with van der Waals surface area (Å²) in [5.74, 6) is -0.897. The molecule has 0 spiro atoms. The van der Waals surface area contributed by atoms with Crippen LogP contribution in [0.4, 0.5) is 11.4 Å². The van der Waals surface area contributed by atoms with Crippen LogP contribution in [0.2, 0.25) is 0 Å². The number of aromatic nitrogens is 2. The van der Waals surface area contributed by atoms with Crippen LogP contribution >= 0.6 is 0 Å². The fraction of sp³-hybridized carbons (Fsp3) is 0.346. The quantitative estimate of drug-likeness (QED) is 0.382. The standard InChI is InChI=1S/C26H27N5O6S/c1-13-11-15(12-16-22(13)30(5)25(35)26(16,3)4)38(36,37)29-18-8-6-7-17-21(18)24(34)31(14(2)27-17)19-9-10-20(32)28-23(19)33/h6-8,11-12,19H,9-10H2,1-5H3,(H2-,28,29,32,33,34,36,37). The van der Waals surface area contributed by atoms with E-state index in [0.717, 1.165) is 0 Å². The molecular formula is C26H27N5O6S. The van der Waals surface area contributed by atoms with Crippen LogP contribution in [0.3, 0.4) is 0 Å². The van der Waals surface area contributed by atoms with Crippen LogP contribution in [0.5, 0.6) is 0 Å². The van der Waals surface area contributed by atoms with Gasteiger partial charge in [-0.25, -0.2) is 9.71 Å². The largest absolute Gasteiger partial charge is 0.588 e. The van der Waals surface area contributed by atoms with E-state index in [1.807, 2.05) is 0 Å². The van der Waals surface area contributed by atoms with Crippen molar-refractivity contribution in [2.45, 2.75) is 56.9 Å². The summed E-state index contributed by atoms with van der Waals surface area (Å²) >= 11 is 0. The Kier molecular flexibility index (Phi) is 5.80. The number of anilines is 2. The summed E-state index contributed by atoms with van der Waals surface area (Å²) in [6, 6.07) is 6.64. The second-order valence-corrected chi connectivity index (χ2v) is 11.9. The number of sulfonamides is 1. The average molecular weight is 538 g/mol. The SMILES string of the molecule is Cc1cc([S+](=O)([O-])Nc2cccc3nc(C)n(C4CCC(=O)NC4=O)c(=O)c23)cc2c1N(C)C(=O)C2(C)C. The Morgan fingerprint density at radius 1 is 1.16 bits per heavy atom. The molecule has 0 radical (unpaired) electrons. The first-order valence-corrected chi connectivity index (χ1v) is 13.5. The topological polar surface area (TPSA) is 154 Å². The molecule has 12 heteroatoms. The third-order valence-electron chi connectivity index (χ3n) is 7.30. The highest BCUT2D eigenvalue weighted by molar-refractivity contribution is 7.99. The molecule has 3 aromatic rings. The maximum atomic E-state index is 13.7. The van der Waals surface area contributed by atoms with Gasteiger partial charge in [-0.3, -0.25) is 29.1 Å². The number of carbonyl (C=O) groups excluding carboxylic acids is 3. The van der Waals surface area contributed by atoms with Crippen molar-refractivity contribution >= 4 is 50.4 Å². The number of nitrogens with zero attached hydrogens (tertiary/aromatic N) is 3. The molecule has 2 unspecified atom stereocenters. The third kappa shape index (κ3) is 3.82. The van der Waals surface area contributed by atoms with Crippen LogP contribution in [-0.4, -0.2) is 38.9 Å². The molecule has 11 nitrogen and oxygen atoms in total. The zero-order valence-corrected chi connectivity index (χ0v) is 22.4. The fourth-order valence-corrected chi connectivity index (χ4v) is 6.58. The molecule has 2 aliphatic rings. The predicted molar refractivity (Wildman–Crippen MR) is 140 cm³/mol. The van der Waals surface area contributed by atoms with Crippen molar-refractivity contribution < 1.29 is 23.1 Å². The van der Waals surface area contributed by atoms with Crippen LogP contribution in [0.25, 0.3) is 10.9 Å². The summed E-state index contributed by atoms with van der Waals surface area (Å²) in [6.07, 6.45) is 0.199. The number of carbonyl (C=O) groups is 3. The molecule has 0 bridgehead atoms. The van der Waals surface area contributed by atoms with E-state index in [1.165, 1.54) is 27.7 Å². The van der Waals surface area contributed by atoms with Gasteiger partial charge in [0.1, 0.15) is 11.9 Å². The smallest absolute Gasteiger partial charge is 0.264 e. The van der Waals surface area contributed by atoms with Crippen molar-refractivity contribution in [1.29, 1.82) is 0 Å². The Morgan fingerprint density at radius 3 is 2.55 bits per heavy atom. The van der Waals surface area contributed by atoms with E-state index < -0.39 is 39.2 Å². The molecule has 38 heavy (non-hydrogen) atoms. The minimum absolute atomic E-state index is 0.000465. The molecule has 3 heterocycles. The maximum absolute atomic E-state index is 13.7. The summed E-state index contributed by atoms with van der Waals surface area (Å²) in [4.78, 5) is 56.5. The molecule has 0 aliphatic carbocycles. The van der Waals surface area contributed by atoms with E-state index >= 15 is 0 Å². The maximum Gasteiger partial charge on any atom is 0.264 e. The van der Waals surface area contributed by atoms with E-state index in [2.05, 4.69) is 15.0 Å². The molecule has 1 fully saturated rings. The molecule has 198 valence electrons. The number of fused-ring (bicyclic) bond motifs is 2. The van der Waals surface area contributed by atoms with Gasteiger partial charge < -0.3 is 9.45 Å². The molecule has 3 amide bonds. The minimum atomic E-state index is -4.20. The molecule has 2 N–H and O–H groups in total. The lowest BCUT2D eigenvalue weighted by molar-refractivity contribution is -0.135. The van der Waals surface area contributed by atoms with Gasteiger partial charge in [0.25, 0.3) is 5.56 Å². The van der Waals surface area contributed by atoms with Crippen molar-refractivity contribution in [2.75, 3.05) is 16.7 Å². The van der Waals surface area contributed by atoms with Crippen LogP contribution in [-0.2, 0) is 34.4 Å². The second-order valence-electron chi connectivity index (χ2n) is 10.2. The molecule has 2 aromatic carbocycles. The lowest BCUT2D eigenvalue weighted by Gasteiger charge is -2.25. The molecular weight excluding hydrogens is 510 g/mol. The first kappa shape index (κ1) is 25.7. The minimum Gasteiger partial charge on any atom is -0.588 e. The molecule has 2 atom stereocenters. The van der Waals surface area contributed by atoms with Crippen molar-refractivity contribution in [1.82, 2.24) is 14.9 Å². The number of imide groups is 1. The Hall–Kier alpha value is -3.90. The number of benzene rings is 2. The van der Waals surface area contributed by atoms with Gasteiger partial charge in [-0.15, -0.1) is 0 Å². The van der Waals surface area contributed by atoms with E-state index in [4.69, 9.17) is 0 Å². The Balaban J connectivity index is 1.61. The number of likely N-dealkylation sites (N-methyl/N-ethyl adjacent to an activating group) is 1. The zero-order valence-electron chi connectivity index (χ0n) is 21.6. The third-order valence-corrected chi connectivity index (χ3v) is 8.65. The van der Waals surface area contributed by atoms with Crippen LogP contribution in [0.15, 0.2) is 40.0 Å². The summed E-state index contributed by atoms with van der Waals surface area (Å²) in [5.41, 5.74) is 0.660. The van der Waals surface area contributed by atoms with Gasteiger partial charge in [0.15, 0.2) is 15.3 Å². The van der Waals surface area contributed by atoms with Crippen molar-refractivity contribution in [3.05, 3.63) is 57.6 Å². The lowest BCUT2D eigenvalue weighted by Crippen LogP contribution is -2.45. The number of hydrogen-bond acceptors (Lipinski definition) is 7. The van der Waals surface area contributed by atoms with Crippen molar-refractivity contribution in [3.8, 4) is 0 Å². The summed E-state index contributed by atoms with van der Waals surface area (Å²) in [5, 5.41) is 2.24. The van der Waals surface area contributed by atoms with Crippen LogP contribution < -0.4 is 20.5 Å². The molecule has 1 aromatic heterocycles. The van der Waals surface area contributed by atoms with Crippen LogP contribution in [0.1, 0.15) is 49.7 Å².